The van der Waals surface area contributed by atoms with E-state index in [2.05, 4.69) is 10.6 Å². The topological polar surface area (TPSA) is 67.4 Å². The molecule has 0 aliphatic heterocycles. The van der Waals surface area contributed by atoms with Crippen LogP contribution in [-0.2, 0) is 9.59 Å². The van der Waals surface area contributed by atoms with E-state index in [0.29, 0.717) is 10.8 Å². The molecule has 0 spiro atoms. The maximum absolute atomic E-state index is 11.6. The molecule has 1 aromatic rings. The zero-order valence-corrected chi connectivity index (χ0v) is 11.9. The second-order valence-corrected chi connectivity index (χ2v) is 4.54. The van der Waals surface area contributed by atoms with Crippen molar-refractivity contribution in [1.29, 1.82) is 0 Å². The summed E-state index contributed by atoms with van der Waals surface area (Å²) in [7, 11) is 1.51. The van der Waals surface area contributed by atoms with Gasteiger partial charge in [0.15, 0.2) is 6.61 Å². The number of likely N-dealkylation sites (N-methyl/N-ethyl adjacent to an activating group) is 1. The van der Waals surface area contributed by atoms with Crippen LogP contribution in [0.2, 0.25) is 5.02 Å². The predicted octanol–water partition coefficient (Wildman–Crippen LogP) is 1.28. The average Bonchev–Trinajstić information content (AvgIpc) is 2.36. The lowest BCUT2D eigenvalue weighted by molar-refractivity contribution is -0.129. The summed E-state index contributed by atoms with van der Waals surface area (Å²) >= 11 is 5.82. The van der Waals surface area contributed by atoms with Gasteiger partial charge in [0.2, 0.25) is 5.91 Å². The summed E-state index contributed by atoms with van der Waals surface area (Å²) in [5.74, 6) is -0.0198. The Morgan fingerprint density at radius 2 is 2.11 bits per heavy atom. The Morgan fingerprint density at radius 1 is 1.42 bits per heavy atom. The van der Waals surface area contributed by atoms with Gasteiger partial charge in [0.05, 0.1) is 0 Å². The predicted molar refractivity (Wildman–Crippen MR) is 73.4 cm³/mol. The van der Waals surface area contributed by atoms with Crippen LogP contribution in [0, 0.1) is 6.92 Å². The molecule has 1 unspecified atom stereocenters. The first-order valence-electron chi connectivity index (χ1n) is 5.84. The first-order chi connectivity index (χ1) is 8.93. The number of nitrogens with one attached hydrogen (secondary N) is 2. The van der Waals surface area contributed by atoms with Gasteiger partial charge in [-0.25, -0.2) is 0 Å². The van der Waals surface area contributed by atoms with Crippen molar-refractivity contribution >= 4 is 23.4 Å². The van der Waals surface area contributed by atoms with Crippen LogP contribution < -0.4 is 15.4 Å². The quantitative estimate of drug-likeness (QED) is 0.856. The van der Waals surface area contributed by atoms with E-state index < -0.39 is 6.04 Å². The molecule has 6 heteroatoms. The molecular weight excluding hydrogens is 268 g/mol. The van der Waals surface area contributed by atoms with E-state index in [1.54, 1.807) is 25.1 Å². The Morgan fingerprint density at radius 3 is 2.68 bits per heavy atom. The van der Waals surface area contributed by atoms with Crippen LogP contribution in [0.15, 0.2) is 18.2 Å². The van der Waals surface area contributed by atoms with Gasteiger partial charge in [-0.2, -0.15) is 0 Å². The highest BCUT2D eigenvalue weighted by molar-refractivity contribution is 6.30. The molecule has 19 heavy (non-hydrogen) atoms. The number of carbonyl (C=O) groups is 2. The third-order valence-electron chi connectivity index (χ3n) is 2.51. The molecule has 0 fully saturated rings. The lowest BCUT2D eigenvalue weighted by Gasteiger charge is -2.13. The third-order valence-corrected chi connectivity index (χ3v) is 2.75. The summed E-state index contributed by atoms with van der Waals surface area (Å²) in [5.41, 5.74) is 0.847. The number of benzene rings is 1. The molecule has 1 aromatic carbocycles. The van der Waals surface area contributed by atoms with E-state index in [4.69, 9.17) is 16.3 Å². The van der Waals surface area contributed by atoms with Crippen LogP contribution >= 0.6 is 11.6 Å². The summed E-state index contributed by atoms with van der Waals surface area (Å²) < 4.78 is 5.37. The van der Waals surface area contributed by atoms with Crippen LogP contribution in [0.5, 0.6) is 5.75 Å². The van der Waals surface area contributed by atoms with Crippen molar-refractivity contribution in [2.24, 2.45) is 0 Å². The van der Waals surface area contributed by atoms with Crippen molar-refractivity contribution in [3.05, 3.63) is 28.8 Å². The molecule has 0 aromatic heterocycles. The van der Waals surface area contributed by atoms with Gasteiger partial charge in [-0.05, 0) is 37.6 Å². The zero-order valence-electron chi connectivity index (χ0n) is 11.1. The second kappa shape index (κ2) is 6.99. The highest BCUT2D eigenvalue weighted by Crippen LogP contribution is 2.21. The smallest absolute Gasteiger partial charge is 0.258 e. The maximum atomic E-state index is 11.6. The van der Waals surface area contributed by atoms with Crippen LogP contribution in [0.25, 0.3) is 0 Å². The fourth-order valence-corrected chi connectivity index (χ4v) is 1.71. The molecule has 0 radical (unpaired) electrons. The number of carbonyl (C=O) groups excluding carboxylic acids is 2. The number of rotatable bonds is 5. The first-order valence-corrected chi connectivity index (χ1v) is 6.21. The van der Waals surface area contributed by atoms with Crippen molar-refractivity contribution in [3.8, 4) is 5.75 Å². The van der Waals surface area contributed by atoms with E-state index in [0.717, 1.165) is 5.56 Å². The standard InChI is InChI=1S/C13H17ClN2O3/c1-8-6-10(14)4-5-11(8)19-7-12(17)16-9(2)13(18)15-3/h4-6,9H,7H2,1-3H3,(H,15,18)(H,16,17). The SMILES string of the molecule is CNC(=O)C(C)NC(=O)COc1ccc(Cl)cc1C. The largest absolute Gasteiger partial charge is 0.484 e. The lowest BCUT2D eigenvalue weighted by atomic mass is 10.2. The van der Waals surface area contributed by atoms with Gasteiger partial charge >= 0.3 is 0 Å². The Labute approximate surface area is 117 Å². The molecule has 1 atom stereocenters. The van der Waals surface area contributed by atoms with Crippen molar-refractivity contribution in [3.63, 3.8) is 0 Å². The fraction of sp³-hybridized carbons (Fsp3) is 0.385. The van der Waals surface area contributed by atoms with Crippen LogP contribution in [-0.4, -0.2) is 31.5 Å². The molecule has 5 nitrogen and oxygen atoms in total. The molecule has 104 valence electrons. The summed E-state index contributed by atoms with van der Waals surface area (Å²) in [6, 6.07) is 4.55. The summed E-state index contributed by atoms with van der Waals surface area (Å²) in [6.45, 7) is 3.29. The highest BCUT2D eigenvalue weighted by atomic mass is 35.5. The molecular formula is C13H17ClN2O3. The van der Waals surface area contributed by atoms with E-state index in [-0.39, 0.29) is 18.4 Å². The molecule has 0 aliphatic carbocycles. The molecule has 1 rings (SSSR count). The summed E-state index contributed by atoms with van der Waals surface area (Å²) in [4.78, 5) is 22.8. The van der Waals surface area contributed by atoms with Gasteiger partial charge in [0.25, 0.3) is 5.91 Å². The second-order valence-electron chi connectivity index (χ2n) is 4.10. The zero-order chi connectivity index (χ0) is 14.4. The van der Waals surface area contributed by atoms with Gasteiger partial charge in [-0.15, -0.1) is 0 Å². The fourth-order valence-electron chi connectivity index (χ4n) is 1.48. The van der Waals surface area contributed by atoms with E-state index in [1.165, 1.54) is 7.05 Å². The van der Waals surface area contributed by atoms with Gasteiger partial charge in [-0.1, -0.05) is 11.6 Å². The minimum Gasteiger partial charge on any atom is -0.484 e. The van der Waals surface area contributed by atoms with Crippen LogP contribution in [0.3, 0.4) is 0 Å². The lowest BCUT2D eigenvalue weighted by Crippen LogP contribution is -2.45. The summed E-state index contributed by atoms with van der Waals surface area (Å²) in [5, 5.41) is 5.59. The van der Waals surface area contributed by atoms with Gasteiger partial charge in [0, 0.05) is 12.1 Å². The number of aryl methyl sites for hydroxylation is 1. The van der Waals surface area contributed by atoms with Gasteiger partial charge in [-0.3, -0.25) is 9.59 Å². The number of ether oxygens (including phenoxy) is 1. The van der Waals surface area contributed by atoms with Crippen LogP contribution in [0.1, 0.15) is 12.5 Å². The Kier molecular flexibility index (Phi) is 5.63. The molecule has 2 amide bonds. The van der Waals surface area contributed by atoms with Crippen molar-refractivity contribution < 1.29 is 14.3 Å². The third kappa shape index (κ3) is 4.79. The Bertz CT molecular complexity index is 477. The van der Waals surface area contributed by atoms with E-state index in [9.17, 15) is 9.59 Å². The van der Waals surface area contributed by atoms with Crippen molar-refractivity contribution in [2.45, 2.75) is 19.9 Å². The van der Waals surface area contributed by atoms with Gasteiger partial charge in [0.1, 0.15) is 11.8 Å². The number of hydrogen-bond acceptors (Lipinski definition) is 3. The normalized spacial score (nSPS) is 11.6. The molecule has 2 N–H and O–H groups in total. The van der Waals surface area contributed by atoms with Crippen LogP contribution in [0.4, 0.5) is 0 Å². The molecule has 0 saturated heterocycles. The molecule has 0 aliphatic rings. The Hall–Kier alpha value is -1.75. The number of hydrogen-bond donors (Lipinski definition) is 2. The maximum Gasteiger partial charge on any atom is 0.258 e. The van der Waals surface area contributed by atoms with E-state index >= 15 is 0 Å². The van der Waals surface area contributed by atoms with E-state index in [1.807, 2.05) is 6.92 Å². The number of halogens is 1. The minimum absolute atomic E-state index is 0.149. The number of amides is 2. The highest BCUT2D eigenvalue weighted by Gasteiger charge is 2.14. The van der Waals surface area contributed by atoms with Gasteiger partial charge < -0.3 is 15.4 Å². The average molecular weight is 285 g/mol. The summed E-state index contributed by atoms with van der Waals surface area (Å²) in [6.07, 6.45) is 0. The van der Waals surface area contributed by atoms with Crippen molar-refractivity contribution in [1.82, 2.24) is 10.6 Å². The monoisotopic (exact) mass is 284 g/mol. The minimum atomic E-state index is -0.590. The molecule has 0 saturated carbocycles. The molecule has 0 bridgehead atoms. The Balaban J connectivity index is 2.48. The first kappa shape index (κ1) is 15.3. The van der Waals surface area contributed by atoms with Crippen molar-refractivity contribution in [2.75, 3.05) is 13.7 Å². The molecule has 0 heterocycles.